The third kappa shape index (κ3) is 17.8. The normalized spacial score (nSPS) is 10.5. The number of hydrogen-bond donors (Lipinski definition) is 0. The fourth-order valence-corrected chi connectivity index (χ4v) is 7.65. The minimum atomic E-state index is 0. The van der Waals surface area contributed by atoms with Gasteiger partial charge in [-0.3, -0.25) is 0 Å². The molecule has 0 saturated carbocycles. The van der Waals surface area contributed by atoms with Crippen molar-refractivity contribution in [1.29, 1.82) is 0 Å². The average molecular weight is 1020 g/mol. The Hall–Kier alpha value is -2.59. The van der Waals surface area contributed by atoms with Crippen molar-refractivity contribution >= 4 is 49.5 Å². The summed E-state index contributed by atoms with van der Waals surface area (Å²) < 4.78 is 3.01. The smallest absolute Gasteiger partial charge is 0.0308 e. The van der Waals surface area contributed by atoms with Gasteiger partial charge >= 0.3 is 82.6 Å². The predicted octanol–water partition coefficient (Wildman–Crippen LogP) is 11.5. The molecule has 328 valence electrons. The molecule has 0 N–H and O–H groups in total. The summed E-state index contributed by atoms with van der Waals surface area (Å²) in [4.78, 5) is 0. The van der Waals surface area contributed by atoms with Gasteiger partial charge in [0.05, 0.1) is 0 Å². The Balaban J connectivity index is 0.000000386. The molecule has 0 aliphatic carbocycles. The maximum absolute atomic E-state index is 2.28. The monoisotopic (exact) mass is 1020 g/mol. The van der Waals surface area contributed by atoms with E-state index >= 15 is 0 Å². The molecule has 8 aromatic rings. The molecule has 0 saturated heterocycles. The van der Waals surface area contributed by atoms with Crippen LogP contribution in [0.25, 0.3) is 43.1 Å². The van der Waals surface area contributed by atoms with Gasteiger partial charge in [-0.15, -0.1) is 138 Å². The van der Waals surface area contributed by atoms with Gasteiger partial charge in [0.25, 0.3) is 0 Å². The Morgan fingerprint density at radius 2 is 0.516 bits per heavy atom. The van der Waals surface area contributed by atoms with E-state index in [4.69, 9.17) is 0 Å². The van der Waals surface area contributed by atoms with E-state index < -0.39 is 0 Å². The molecule has 0 fully saturated rings. The maximum Gasteiger partial charge on any atom is -0.0308 e. The molecule has 0 amide bonds. The number of hydrogen-bond acceptors (Lipinski definition) is 0. The van der Waals surface area contributed by atoms with Gasteiger partial charge in [0.2, 0.25) is 0 Å². The van der Waals surface area contributed by atoms with Crippen molar-refractivity contribution in [1.82, 2.24) is 0 Å². The minimum Gasteiger partial charge on any atom is -1.00 e. The Bertz CT molecular complexity index is 2220. The van der Waals surface area contributed by atoms with Gasteiger partial charge in [0, 0.05) is 0 Å². The van der Waals surface area contributed by atoms with Gasteiger partial charge < -0.3 is 24.8 Å². The van der Waals surface area contributed by atoms with Crippen molar-refractivity contribution in [3.8, 4) is 0 Å². The van der Waals surface area contributed by atoms with Gasteiger partial charge in [-0.2, -0.15) is 24.3 Å². The zero-order valence-electron chi connectivity index (χ0n) is 40.6. The molecule has 0 heterocycles. The van der Waals surface area contributed by atoms with Gasteiger partial charge in [-0.1, -0.05) is 130 Å². The Labute approximate surface area is 419 Å². The summed E-state index contributed by atoms with van der Waals surface area (Å²) in [6.07, 6.45) is 0. The zero-order chi connectivity index (χ0) is 44.8. The molecule has 0 aliphatic rings. The first-order valence-corrected chi connectivity index (χ1v) is 24.3. The molecule has 8 aromatic carbocycles. The van der Waals surface area contributed by atoms with Crippen LogP contribution < -0.4 is 24.8 Å². The van der Waals surface area contributed by atoms with Crippen LogP contribution in [-0.2, 0) is 48.5 Å². The first kappa shape index (κ1) is 57.4. The van der Waals surface area contributed by atoms with E-state index in [0.717, 1.165) is 0 Å². The molecule has 8 rings (SSSR count). The van der Waals surface area contributed by atoms with E-state index in [-0.39, 0.29) is 24.8 Å². The Morgan fingerprint density at radius 3 is 0.661 bits per heavy atom. The van der Waals surface area contributed by atoms with Crippen LogP contribution in [0.2, 0.25) is 0 Å². The summed E-state index contributed by atoms with van der Waals surface area (Å²) in [6.45, 7) is 35.1. The van der Waals surface area contributed by atoms with E-state index in [1.165, 1.54) is 94.0 Å². The summed E-state index contributed by atoms with van der Waals surface area (Å²) in [5.41, 5.74) is 11.3. The molecule has 62 heavy (non-hydrogen) atoms. The summed E-state index contributed by atoms with van der Waals surface area (Å²) in [5.74, 6) is 2.46. The largest absolute Gasteiger partial charge is 1.00 e. The van der Waals surface area contributed by atoms with Gasteiger partial charge in [-0.05, 0) is 23.7 Å². The predicted molar refractivity (Wildman–Crippen MR) is 266 cm³/mol. The molecule has 0 spiro atoms. The zero-order valence-corrected chi connectivity index (χ0v) is 47.0. The summed E-state index contributed by atoms with van der Waals surface area (Å²) in [6, 6.07) is 44.4. The van der Waals surface area contributed by atoms with Crippen LogP contribution in [0, 0.1) is 27.7 Å². The average Bonchev–Trinajstić information content (AvgIpc) is 3.93. The van der Waals surface area contributed by atoms with Crippen LogP contribution in [0.3, 0.4) is 0 Å². The van der Waals surface area contributed by atoms with Crippen molar-refractivity contribution < 1.29 is 73.3 Å². The van der Waals surface area contributed by atoms with Crippen LogP contribution in [0.15, 0.2) is 121 Å². The van der Waals surface area contributed by atoms with E-state index in [9.17, 15) is 0 Å². The topological polar surface area (TPSA) is 0 Å². The molecular formula is C58H72Cl2Zr2-2. The number of rotatable bonds is 4. The number of benzene rings is 4. The van der Waals surface area contributed by atoms with E-state index in [2.05, 4.69) is 232 Å². The van der Waals surface area contributed by atoms with Crippen molar-refractivity contribution in [3.63, 3.8) is 0 Å². The van der Waals surface area contributed by atoms with Crippen molar-refractivity contribution in [2.45, 2.75) is 134 Å². The second kappa shape index (κ2) is 27.7. The van der Waals surface area contributed by atoms with Gasteiger partial charge in [-0.25, -0.2) is 0 Å². The minimum absolute atomic E-state index is 0. The fourth-order valence-electron chi connectivity index (χ4n) is 7.65. The molecule has 0 radical (unpaired) electrons. The van der Waals surface area contributed by atoms with E-state index in [0.29, 0.717) is 23.7 Å². The summed E-state index contributed by atoms with van der Waals surface area (Å²) >= 11 is 3.11. The first-order valence-electron chi connectivity index (χ1n) is 21.9. The first-order chi connectivity index (χ1) is 28.2. The molecular weight excluding hydrogens is 950 g/mol. The fraction of sp³-hybridized carbons (Fsp3) is 0.345. The summed E-state index contributed by atoms with van der Waals surface area (Å²) in [5, 5.41) is 11.2. The molecule has 0 aliphatic heterocycles. The molecule has 0 aromatic heterocycles. The van der Waals surface area contributed by atoms with Gasteiger partial charge in [0.15, 0.2) is 0 Å². The standard InChI is InChI=1S/4C13H15.2C3H6.2ClH.2Zr/c4*1-9(2)12-6-4-5-11-7-10(3)8-13(11)12;2*1-3-2;;;;/h4*4-9H,1-3H3;2*1-2H3;2*1H;;/q4*-1;;;;;2*+2/p-2. The van der Waals surface area contributed by atoms with Crippen molar-refractivity contribution in [2.75, 3.05) is 0 Å². The quantitative estimate of drug-likeness (QED) is 0.154. The van der Waals surface area contributed by atoms with E-state index in [1.807, 2.05) is 0 Å². The van der Waals surface area contributed by atoms with Crippen LogP contribution in [0.5, 0.6) is 0 Å². The van der Waals surface area contributed by atoms with Crippen LogP contribution in [0.4, 0.5) is 0 Å². The second-order valence-electron chi connectivity index (χ2n) is 18.2. The van der Waals surface area contributed by atoms with Crippen molar-refractivity contribution in [3.05, 3.63) is 166 Å². The number of fused-ring (bicyclic) bond motifs is 4. The third-order valence-electron chi connectivity index (χ3n) is 10.2. The van der Waals surface area contributed by atoms with Gasteiger partial charge in [0.1, 0.15) is 0 Å². The SMILES string of the molecule is C[C](C)=[Zr+2].C[C](C)=[Zr+2].Cc1cc2c(C(C)C)cccc2[cH-]1.Cc1cc2c(C(C)C)cccc2[cH-]1.Cc1cc2c(C(C)C)cccc2[cH-]1.Cc1cc2c(C(C)C)cccc2[cH-]1.[Cl-].[Cl-]. The molecule has 4 heteroatoms. The second-order valence-corrected chi connectivity index (χ2v) is 23.1. The molecule has 0 nitrogen and oxygen atoms in total. The maximum atomic E-state index is 2.28. The number of halogens is 2. The molecule has 0 atom stereocenters. The Kier molecular flexibility index (Phi) is 25.6. The Morgan fingerprint density at radius 1 is 0.355 bits per heavy atom. The van der Waals surface area contributed by atoms with Crippen LogP contribution in [0.1, 0.15) is 151 Å². The van der Waals surface area contributed by atoms with Crippen molar-refractivity contribution in [2.24, 2.45) is 0 Å². The molecule has 0 bridgehead atoms. The molecule has 0 unspecified atom stereocenters. The van der Waals surface area contributed by atoms with E-state index in [1.54, 1.807) is 48.5 Å². The van der Waals surface area contributed by atoms with Crippen LogP contribution >= 0.6 is 0 Å². The summed E-state index contributed by atoms with van der Waals surface area (Å²) in [7, 11) is 0. The number of aryl methyl sites for hydroxylation is 4. The van der Waals surface area contributed by atoms with Crippen LogP contribution in [-0.4, -0.2) is 6.41 Å². The third-order valence-corrected chi connectivity index (χ3v) is 10.2.